The molecule has 1 aliphatic heterocycles. The van der Waals surface area contributed by atoms with Crippen molar-refractivity contribution < 1.29 is 4.79 Å². The minimum absolute atomic E-state index is 0.0792. The number of benzene rings is 2. The van der Waals surface area contributed by atoms with Crippen LogP contribution < -0.4 is 5.32 Å². The molecule has 3 aromatic rings. The Hall–Kier alpha value is -2.81. The maximum Gasteiger partial charge on any atom is 0.159 e. The van der Waals surface area contributed by atoms with Gasteiger partial charge in [0.2, 0.25) is 0 Å². The number of carbonyl (C=O) groups excluding carboxylic acids is 1. The van der Waals surface area contributed by atoms with Crippen LogP contribution in [0, 0.1) is 0 Å². The van der Waals surface area contributed by atoms with Gasteiger partial charge in [-0.15, -0.1) is 0 Å². The molecule has 1 atom stereocenters. The predicted octanol–water partition coefficient (Wildman–Crippen LogP) is 5.20. The van der Waals surface area contributed by atoms with E-state index in [2.05, 4.69) is 28.1 Å². The van der Waals surface area contributed by atoms with Gasteiger partial charge in [-0.1, -0.05) is 38.1 Å². The van der Waals surface area contributed by atoms with Gasteiger partial charge in [-0.25, -0.2) is 0 Å². The second-order valence-electron chi connectivity index (χ2n) is 5.53. The lowest BCUT2D eigenvalue weighted by molar-refractivity contribution is 0.101. The highest BCUT2D eigenvalue weighted by molar-refractivity contribution is 6.10. The number of nitrogens with one attached hydrogen (secondary N) is 1. The third-order valence-electron chi connectivity index (χ3n) is 4.16. The first-order chi connectivity index (χ1) is 11.8. The highest BCUT2D eigenvalue weighted by Gasteiger charge is 2.16. The number of nitrogens with zero attached hydrogens (tertiary/aromatic N) is 1. The van der Waals surface area contributed by atoms with Gasteiger partial charge in [-0.3, -0.25) is 4.79 Å². The van der Waals surface area contributed by atoms with Crippen molar-refractivity contribution in [2.24, 2.45) is 0 Å². The molecule has 0 aliphatic carbocycles. The van der Waals surface area contributed by atoms with Gasteiger partial charge in [0.15, 0.2) is 5.78 Å². The molecule has 122 valence electrons. The molecule has 0 radical (unpaired) electrons. The molecule has 0 spiro atoms. The molecular weight excluding hydrogens is 296 g/mol. The fourth-order valence-electron chi connectivity index (χ4n) is 3.12. The molecule has 0 bridgehead atoms. The third-order valence-corrected chi connectivity index (χ3v) is 4.16. The summed E-state index contributed by atoms with van der Waals surface area (Å²) in [6.07, 6.45) is 8.19. The molecule has 0 saturated heterocycles. The Labute approximate surface area is 142 Å². The molecular formula is C21H22N2O. The highest BCUT2D eigenvalue weighted by atomic mass is 16.1. The Balaban J connectivity index is 0.000000815. The predicted molar refractivity (Wildman–Crippen MR) is 101 cm³/mol. The Kier molecular flexibility index (Phi) is 4.52. The zero-order valence-electron chi connectivity index (χ0n) is 14.3. The molecule has 0 fully saturated rings. The first-order valence-electron chi connectivity index (χ1n) is 8.39. The summed E-state index contributed by atoms with van der Waals surface area (Å²) in [4.78, 5) is 11.7. The topological polar surface area (TPSA) is 34.0 Å². The van der Waals surface area contributed by atoms with Crippen molar-refractivity contribution in [1.82, 2.24) is 9.88 Å². The van der Waals surface area contributed by atoms with Gasteiger partial charge in [0, 0.05) is 16.3 Å². The second-order valence-corrected chi connectivity index (χ2v) is 5.53. The number of dihydropyridines is 1. The van der Waals surface area contributed by atoms with E-state index >= 15 is 0 Å². The lowest BCUT2D eigenvalue weighted by Gasteiger charge is -2.20. The summed E-state index contributed by atoms with van der Waals surface area (Å²) in [5.41, 5.74) is 3.04. The first-order valence-corrected chi connectivity index (χ1v) is 8.39. The number of carbonyl (C=O) groups is 1. The summed E-state index contributed by atoms with van der Waals surface area (Å²) in [6, 6.07) is 14.3. The van der Waals surface area contributed by atoms with Crippen LogP contribution >= 0.6 is 0 Å². The summed E-state index contributed by atoms with van der Waals surface area (Å²) in [5, 5.41) is 5.66. The van der Waals surface area contributed by atoms with Crippen molar-refractivity contribution in [3.05, 3.63) is 72.5 Å². The van der Waals surface area contributed by atoms with Crippen LogP contribution in [0.25, 0.3) is 21.8 Å². The number of fused-ring (bicyclic) bond motifs is 3. The number of rotatable bonds is 2. The fourth-order valence-corrected chi connectivity index (χ4v) is 3.12. The molecule has 4 rings (SSSR count). The maximum atomic E-state index is 11.7. The minimum atomic E-state index is 0.0792. The van der Waals surface area contributed by atoms with Crippen LogP contribution in [0.4, 0.5) is 0 Å². The van der Waals surface area contributed by atoms with Crippen molar-refractivity contribution in [2.45, 2.75) is 26.9 Å². The number of hydrogen-bond acceptors (Lipinski definition) is 2. The molecule has 24 heavy (non-hydrogen) atoms. The van der Waals surface area contributed by atoms with Gasteiger partial charge in [-0.05, 0) is 49.5 Å². The van der Waals surface area contributed by atoms with Crippen molar-refractivity contribution in [1.29, 1.82) is 0 Å². The van der Waals surface area contributed by atoms with Crippen LogP contribution in [0.3, 0.4) is 0 Å². The van der Waals surface area contributed by atoms with E-state index in [1.807, 2.05) is 62.5 Å². The molecule has 1 aliphatic rings. The standard InChI is InChI=1S/C19H16N2O.C2H6/c1-13(22)14-9-10-18-16(12-14)15-6-2-3-7-17(15)21(18)19-8-4-5-11-20-19;1-2/h2-12,19-20H,1H3;1-2H3. The largest absolute Gasteiger partial charge is 0.368 e. The van der Waals surface area contributed by atoms with Gasteiger partial charge in [0.05, 0.1) is 11.0 Å². The van der Waals surface area contributed by atoms with E-state index in [9.17, 15) is 4.79 Å². The normalized spacial score (nSPS) is 15.9. The Bertz CT molecular complexity index is 947. The van der Waals surface area contributed by atoms with E-state index in [-0.39, 0.29) is 11.9 Å². The lowest BCUT2D eigenvalue weighted by Crippen LogP contribution is -2.21. The van der Waals surface area contributed by atoms with Crippen molar-refractivity contribution in [2.75, 3.05) is 0 Å². The minimum Gasteiger partial charge on any atom is -0.368 e. The molecule has 2 aromatic carbocycles. The molecule has 0 amide bonds. The first kappa shape index (κ1) is 16.1. The van der Waals surface area contributed by atoms with Crippen LogP contribution in [0.5, 0.6) is 0 Å². The van der Waals surface area contributed by atoms with Gasteiger partial charge < -0.3 is 9.88 Å². The van der Waals surface area contributed by atoms with Crippen LogP contribution in [0.1, 0.15) is 37.3 Å². The SMILES string of the molecule is CC.CC(=O)c1ccc2c(c1)c1ccccc1n2C1C=CC=CN1. The summed E-state index contributed by atoms with van der Waals surface area (Å²) in [6.45, 7) is 5.61. The number of ketones is 1. The third kappa shape index (κ3) is 2.62. The molecule has 3 nitrogen and oxygen atoms in total. The maximum absolute atomic E-state index is 11.7. The number of aromatic nitrogens is 1. The zero-order chi connectivity index (χ0) is 17.1. The van der Waals surface area contributed by atoms with E-state index in [0.717, 1.165) is 22.0 Å². The Morgan fingerprint density at radius 1 is 1.00 bits per heavy atom. The van der Waals surface area contributed by atoms with E-state index in [1.54, 1.807) is 6.92 Å². The Morgan fingerprint density at radius 3 is 2.46 bits per heavy atom. The fraction of sp³-hybridized carbons (Fsp3) is 0.190. The average molecular weight is 318 g/mol. The molecule has 0 saturated carbocycles. The molecule has 1 N–H and O–H groups in total. The number of allylic oxidation sites excluding steroid dienone is 2. The number of hydrogen-bond donors (Lipinski definition) is 1. The Morgan fingerprint density at radius 2 is 1.75 bits per heavy atom. The summed E-state index contributed by atoms with van der Waals surface area (Å²) in [5.74, 6) is 0.0948. The van der Waals surface area contributed by atoms with E-state index in [4.69, 9.17) is 0 Å². The number of para-hydroxylation sites is 1. The highest BCUT2D eigenvalue weighted by Crippen LogP contribution is 2.32. The van der Waals surface area contributed by atoms with Crippen LogP contribution in [-0.4, -0.2) is 10.4 Å². The van der Waals surface area contributed by atoms with E-state index in [1.165, 1.54) is 5.39 Å². The molecule has 1 aromatic heterocycles. The summed E-state index contributed by atoms with van der Waals surface area (Å²) in [7, 11) is 0. The zero-order valence-corrected chi connectivity index (χ0v) is 14.3. The van der Waals surface area contributed by atoms with Crippen LogP contribution in [-0.2, 0) is 0 Å². The smallest absolute Gasteiger partial charge is 0.159 e. The van der Waals surface area contributed by atoms with Gasteiger partial charge in [0.1, 0.15) is 6.17 Å². The van der Waals surface area contributed by atoms with Crippen molar-refractivity contribution in [3.8, 4) is 0 Å². The van der Waals surface area contributed by atoms with Gasteiger partial charge in [0.25, 0.3) is 0 Å². The summed E-state index contributed by atoms with van der Waals surface area (Å²) < 4.78 is 2.27. The molecule has 3 heteroatoms. The quantitative estimate of drug-likeness (QED) is 0.659. The molecule has 2 heterocycles. The van der Waals surface area contributed by atoms with Gasteiger partial charge in [-0.2, -0.15) is 0 Å². The van der Waals surface area contributed by atoms with Gasteiger partial charge >= 0.3 is 0 Å². The van der Waals surface area contributed by atoms with Crippen LogP contribution in [0.2, 0.25) is 0 Å². The average Bonchev–Trinajstić information content (AvgIpc) is 2.98. The molecule has 1 unspecified atom stereocenters. The van der Waals surface area contributed by atoms with E-state index < -0.39 is 0 Å². The van der Waals surface area contributed by atoms with Crippen molar-refractivity contribution in [3.63, 3.8) is 0 Å². The second kappa shape index (κ2) is 6.75. The van der Waals surface area contributed by atoms with E-state index in [0.29, 0.717) is 0 Å². The number of Topliss-reactive ketones (excluding diaryl/α,β-unsaturated/α-hetero) is 1. The monoisotopic (exact) mass is 318 g/mol. The lowest BCUT2D eigenvalue weighted by atomic mass is 10.1. The van der Waals surface area contributed by atoms with Crippen molar-refractivity contribution >= 4 is 27.6 Å². The van der Waals surface area contributed by atoms with Crippen LogP contribution in [0.15, 0.2) is 66.9 Å². The summed E-state index contributed by atoms with van der Waals surface area (Å²) >= 11 is 0.